The average Bonchev–Trinajstić information content (AvgIpc) is 3.40. The molecule has 0 aliphatic heterocycles. The molecule has 1 aliphatic carbocycles. The maximum Gasteiger partial charge on any atom is 0.206 e. The van der Waals surface area contributed by atoms with Crippen molar-refractivity contribution >= 4 is 9.84 Å². The predicted molar refractivity (Wildman–Crippen MR) is 185 cm³/mol. The van der Waals surface area contributed by atoms with Crippen molar-refractivity contribution in [3.05, 3.63) is 179 Å². The van der Waals surface area contributed by atoms with E-state index in [4.69, 9.17) is 9.47 Å². The number of hydrogen-bond acceptors (Lipinski definition) is 4. The highest BCUT2D eigenvalue weighted by Gasteiger charge is 2.45. The van der Waals surface area contributed by atoms with E-state index in [0.717, 1.165) is 11.3 Å². The minimum Gasteiger partial charge on any atom is -0.497 e. The zero-order valence-corrected chi connectivity index (χ0v) is 27.2. The monoisotopic (exact) mass is 624 g/mol. The van der Waals surface area contributed by atoms with Crippen LogP contribution in [0, 0.1) is 13.8 Å². The normalized spacial score (nSPS) is 12.7. The summed E-state index contributed by atoms with van der Waals surface area (Å²) in [5, 5.41) is 0. The first kappa shape index (κ1) is 30.9. The molecule has 4 nitrogen and oxygen atoms in total. The van der Waals surface area contributed by atoms with Crippen LogP contribution < -0.4 is 9.47 Å². The molecule has 6 aromatic rings. The predicted octanol–water partition coefficient (Wildman–Crippen LogP) is 9.20. The summed E-state index contributed by atoms with van der Waals surface area (Å²) in [6.45, 7) is 4.06. The maximum atomic E-state index is 12.3. The Morgan fingerprint density at radius 1 is 0.457 bits per heavy atom. The second-order valence-electron chi connectivity index (χ2n) is 11.4. The van der Waals surface area contributed by atoms with E-state index in [2.05, 4.69) is 104 Å². The standard InChI is InChI=1S/C27H22O.C14H14O3S/c1-19-11-13-20(14-12-19)27(21-15-17-22(28-2)18-16-21)25-9-5-3-7-23(25)24-8-4-6-10-26(24)27;1-11-3-7-13(8-4-11)18(15,16)14-9-5-12(17-2)6-10-14/h3-18H,1-2H3;3-10H,1-2H3. The van der Waals surface area contributed by atoms with E-state index in [-0.39, 0.29) is 10.3 Å². The van der Waals surface area contributed by atoms with Gasteiger partial charge in [0.1, 0.15) is 11.5 Å². The van der Waals surface area contributed by atoms with Gasteiger partial charge in [0, 0.05) is 0 Å². The molecule has 0 spiro atoms. The lowest BCUT2D eigenvalue weighted by Gasteiger charge is -2.34. The van der Waals surface area contributed by atoms with Gasteiger partial charge in [0.2, 0.25) is 9.84 Å². The zero-order chi connectivity index (χ0) is 32.3. The highest BCUT2D eigenvalue weighted by atomic mass is 32.2. The van der Waals surface area contributed by atoms with E-state index in [1.165, 1.54) is 38.9 Å². The molecular formula is C41H36O4S. The van der Waals surface area contributed by atoms with Gasteiger partial charge >= 0.3 is 0 Å². The molecule has 0 heterocycles. The third kappa shape index (κ3) is 5.48. The van der Waals surface area contributed by atoms with E-state index in [1.54, 1.807) is 62.8 Å². The largest absolute Gasteiger partial charge is 0.497 e. The van der Waals surface area contributed by atoms with Gasteiger partial charge in [-0.25, -0.2) is 8.42 Å². The summed E-state index contributed by atoms with van der Waals surface area (Å²) in [6.07, 6.45) is 0. The van der Waals surface area contributed by atoms with Crippen LogP contribution in [0.2, 0.25) is 0 Å². The van der Waals surface area contributed by atoms with E-state index in [0.29, 0.717) is 10.6 Å². The summed E-state index contributed by atoms with van der Waals surface area (Å²) >= 11 is 0. The zero-order valence-electron chi connectivity index (χ0n) is 26.4. The second-order valence-corrected chi connectivity index (χ2v) is 13.4. The van der Waals surface area contributed by atoms with E-state index >= 15 is 0 Å². The fourth-order valence-corrected chi connectivity index (χ4v) is 7.54. The molecule has 0 N–H and O–H groups in total. The van der Waals surface area contributed by atoms with Crippen LogP contribution in [0.4, 0.5) is 0 Å². The molecule has 0 bridgehead atoms. The van der Waals surface area contributed by atoms with Gasteiger partial charge in [-0.15, -0.1) is 0 Å². The van der Waals surface area contributed by atoms with Crippen LogP contribution >= 0.6 is 0 Å². The number of ether oxygens (including phenoxy) is 2. The lowest BCUT2D eigenvalue weighted by molar-refractivity contribution is 0.414. The molecule has 0 saturated heterocycles. The molecule has 1 aliphatic rings. The fraction of sp³-hybridized carbons (Fsp3) is 0.122. The van der Waals surface area contributed by atoms with Crippen LogP contribution in [-0.4, -0.2) is 22.6 Å². The Kier molecular flexibility index (Phi) is 8.53. The van der Waals surface area contributed by atoms with Crippen LogP contribution in [0.3, 0.4) is 0 Å². The molecule has 0 amide bonds. The van der Waals surface area contributed by atoms with Crippen molar-refractivity contribution in [2.24, 2.45) is 0 Å². The van der Waals surface area contributed by atoms with Crippen molar-refractivity contribution in [2.45, 2.75) is 29.1 Å². The van der Waals surface area contributed by atoms with E-state index in [1.807, 2.05) is 6.92 Å². The van der Waals surface area contributed by atoms with Gasteiger partial charge in [-0.05, 0) is 95.8 Å². The Labute approximate surface area is 271 Å². The van der Waals surface area contributed by atoms with Gasteiger partial charge in [0.05, 0.1) is 29.4 Å². The molecule has 46 heavy (non-hydrogen) atoms. The van der Waals surface area contributed by atoms with Gasteiger partial charge in [0.15, 0.2) is 0 Å². The van der Waals surface area contributed by atoms with E-state index in [9.17, 15) is 8.42 Å². The Hall–Kier alpha value is -5.13. The number of methoxy groups -OCH3 is 2. The number of benzene rings is 6. The summed E-state index contributed by atoms with van der Waals surface area (Å²) < 4.78 is 35.0. The Morgan fingerprint density at radius 3 is 1.24 bits per heavy atom. The van der Waals surface area contributed by atoms with Gasteiger partial charge < -0.3 is 9.47 Å². The number of rotatable bonds is 6. The Morgan fingerprint density at radius 2 is 0.804 bits per heavy atom. The molecular weight excluding hydrogens is 589 g/mol. The van der Waals surface area contributed by atoms with Crippen LogP contribution in [0.15, 0.2) is 155 Å². The summed E-state index contributed by atoms with van der Waals surface area (Å²) in [6, 6.07) is 48.3. The number of sulfone groups is 1. The Bertz CT molecular complexity index is 2020. The van der Waals surface area contributed by atoms with Gasteiger partial charge in [-0.1, -0.05) is 108 Å². The summed E-state index contributed by atoms with van der Waals surface area (Å²) in [5.74, 6) is 1.51. The second kappa shape index (κ2) is 12.7. The lowest BCUT2D eigenvalue weighted by Crippen LogP contribution is -2.28. The summed E-state index contributed by atoms with van der Waals surface area (Å²) in [4.78, 5) is 0.574. The smallest absolute Gasteiger partial charge is 0.206 e. The quantitative estimate of drug-likeness (QED) is 0.185. The fourth-order valence-electron chi connectivity index (χ4n) is 6.28. The topological polar surface area (TPSA) is 52.6 Å². The van der Waals surface area contributed by atoms with Gasteiger partial charge in [0.25, 0.3) is 0 Å². The SMILES string of the molecule is COc1ccc(C2(c3ccc(C)cc3)c3ccccc3-c3ccccc32)cc1.COc1ccc(S(=O)(=O)c2ccc(C)cc2)cc1. The molecule has 0 saturated carbocycles. The van der Waals surface area contributed by atoms with Crippen LogP contribution in [0.5, 0.6) is 11.5 Å². The van der Waals surface area contributed by atoms with Gasteiger partial charge in [-0.3, -0.25) is 0 Å². The molecule has 0 atom stereocenters. The van der Waals surface area contributed by atoms with E-state index < -0.39 is 9.84 Å². The summed E-state index contributed by atoms with van der Waals surface area (Å²) in [7, 11) is -0.178. The average molecular weight is 625 g/mol. The highest BCUT2D eigenvalue weighted by molar-refractivity contribution is 7.91. The molecule has 5 heteroatoms. The molecule has 0 fully saturated rings. The molecule has 230 valence electrons. The minimum atomic E-state index is -3.44. The molecule has 0 radical (unpaired) electrons. The highest BCUT2D eigenvalue weighted by Crippen LogP contribution is 2.56. The first-order chi connectivity index (χ1) is 22.3. The maximum absolute atomic E-state index is 12.3. The van der Waals surface area contributed by atoms with Crippen LogP contribution in [0.25, 0.3) is 11.1 Å². The number of hydrogen-bond donors (Lipinski definition) is 0. The molecule has 6 aromatic carbocycles. The van der Waals surface area contributed by atoms with Crippen molar-refractivity contribution in [3.63, 3.8) is 0 Å². The number of aryl methyl sites for hydroxylation is 2. The summed E-state index contributed by atoms with van der Waals surface area (Å²) in [5.41, 5.74) is 9.83. The van der Waals surface area contributed by atoms with Gasteiger partial charge in [-0.2, -0.15) is 0 Å². The first-order valence-electron chi connectivity index (χ1n) is 15.2. The molecule has 0 unspecified atom stereocenters. The first-order valence-corrected chi connectivity index (χ1v) is 16.6. The van der Waals surface area contributed by atoms with Crippen LogP contribution in [-0.2, 0) is 15.3 Å². The Balaban J connectivity index is 0.000000179. The van der Waals surface area contributed by atoms with Crippen molar-refractivity contribution in [1.82, 2.24) is 0 Å². The van der Waals surface area contributed by atoms with Crippen molar-refractivity contribution in [3.8, 4) is 22.6 Å². The van der Waals surface area contributed by atoms with Crippen LogP contribution in [0.1, 0.15) is 33.4 Å². The van der Waals surface area contributed by atoms with Crippen molar-refractivity contribution in [1.29, 1.82) is 0 Å². The molecule has 7 rings (SSSR count). The minimum absolute atomic E-state index is 0.271. The number of fused-ring (bicyclic) bond motifs is 3. The lowest BCUT2D eigenvalue weighted by atomic mass is 9.67. The third-order valence-electron chi connectivity index (χ3n) is 8.66. The third-order valence-corrected chi connectivity index (χ3v) is 10.4. The van der Waals surface area contributed by atoms with Crippen molar-refractivity contribution in [2.75, 3.05) is 14.2 Å². The van der Waals surface area contributed by atoms with Crippen molar-refractivity contribution < 1.29 is 17.9 Å². The molecule has 0 aromatic heterocycles.